The summed E-state index contributed by atoms with van der Waals surface area (Å²) in [6.07, 6.45) is -1.14. The number of carbonyl (C=O) groups excluding carboxylic acids is 1. The Balaban J connectivity index is 1.25. The molecule has 2 heterocycles. The number of amides is 1. The van der Waals surface area contributed by atoms with E-state index < -0.39 is 6.36 Å². The van der Waals surface area contributed by atoms with Crippen molar-refractivity contribution >= 4 is 34.9 Å². The third-order valence-electron chi connectivity index (χ3n) is 6.97. The van der Waals surface area contributed by atoms with Gasteiger partial charge in [0.05, 0.1) is 13.2 Å². The van der Waals surface area contributed by atoms with Crippen LogP contribution in [0.1, 0.15) is 21.5 Å². The molecule has 4 aromatic rings. The van der Waals surface area contributed by atoms with Crippen LogP contribution in [-0.4, -0.2) is 54.7 Å². The number of morpholine rings is 1. The highest BCUT2D eigenvalue weighted by molar-refractivity contribution is 7.98. The van der Waals surface area contributed by atoms with Crippen LogP contribution in [-0.2, 0) is 11.3 Å². The van der Waals surface area contributed by atoms with Gasteiger partial charge in [-0.3, -0.25) is 9.69 Å². The fraction of sp³-hybridized carbons (Fsp3) is 0.250. The van der Waals surface area contributed by atoms with E-state index in [0.717, 1.165) is 71.4 Å². The van der Waals surface area contributed by atoms with E-state index in [1.807, 2.05) is 31.4 Å². The summed E-state index contributed by atoms with van der Waals surface area (Å²) in [5.41, 5.74) is 5.66. The number of hydrogen-bond acceptors (Lipinski definition) is 7. The number of anilines is 3. The highest BCUT2D eigenvalue weighted by atomic mass is 32.2. The normalized spacial score (nSPS) is 13.9. The zero-order chi connectivity index (χ0) is 30.4. The van der Waals surface area contributed by atoms with E-state index in [-0.39, 0.29) is 11.7 Å². The smallest absolute Gasteiger partial charge is 0.406 e. The molecule has 0 aliphatic carbocycles. The summed E-state index contributed by atoms with van der Waals surface area (Å²) in [4.78, 5) is 20.7. The first-order valence-corrected chi connectivity index (χ1v) is 14.9. The van der Waals surface area contributed by atoms with Gasteiger partial charge in [0.15, 0.2) is 0 Å². The molecule has 1 aromatic heterocycles. The van der Waals surface area contributed by atoms with Crippen LogP contribution in [0, 0.1) is 6.92 Å². The standard InChI is InChI=1S/C32H31F3N4O3S/c1-21-3-4-22(20-39-13-15-41-16-14-39)17-28(21)38-31(40)24-5-9-25(10-6-24)37-30-18-27(29(43-2)19-36-30)23-7-11-26(12-8-23)42-32(33,34)35/h3-12,17-19H,13-16,20H2,1-2H3,(H,36,37)(H,38,40). The lowest BCUT2D eigenvalue weighted by Crippen LogP contribution is -2.35. The highest BCUT2D eigenvalue weighted by Crippen LogP contribution is 2.34. The van der Waals surface area contributed by atoms with E-state index in [2.05, 4.69) is 31.3 Å². The van der Waals surface area contributed by atoms with Gasteiger partial charge in [0.1, 0.15) is 11.6 Å². The molecule has 0 radical (unpaired) electrons. The second-order valence-electron chi connectivity index (χ2n) is 10.0. The van der Waals surface area contributed by atoms with Crippen molar-refractivity contribution in [2.24, 2.45) is 0 Å². The molecule has 43 heavy (non-hydrogen) atoms. The number of hydrogen-bond donors (Lipinski definition) is 2. The van der Waals surface area contributed by atoms with Gasteiger partial charge >= 0.3 is 6.36 Å². The molecule has 0 bridgehead atoms. The number of carbonyl (C=O) groups is 1. The monoisotopic (exact) mass is 608 g/mol. The summed E-state index contributed by atoms with van der Waals surface area (Å²) in [6.45, 7) is 6.02. The van der Waals surface area contributed by atoms with Crippen molar-refractivity contribution in [2.75, 3.05) is 43.2 Å². The number of aromatic nitrogens is 1. The van der Waals surface area contributed by atoms with Crippen molar-refractivity contribution in [3.8, 4) is 16.9 Å². The minimum absolute atomic E-state index is 0.208. The number of benzene rings is 3. The largest absolute Gasteiger partial charge is 0.573 e. The molecule has 0 saturated carbocycles. The number of rotatable bonds is 9. The van der Waals surface area contributed by atoms with Crippen LogP contribution < -0.4 is 15.4 Å². The molecule has 1 aliphatic rings. The van der Waals surface area contributed by atoms with Crippen LogP contribution in [0.5, 0.6) is 5.75 Å². The van der Waals surface area contributed by atoms with Gasteiger partial charge in [-0.1, -0.05) is 24.3 Å². The van der Waals surface area contributed by atoms with Crippen LogP contribution in [0.3, 0.4) is 0 Å². The summed E-state index contributed by atoms with van der Waals surface area (Å²) in [5.74, 6) is 0.0588. The first-order chi connectivity index (χ1) is 20.7. The topological polar surface area (TPSA) is 75.7 Å². The van der Waals surface area contributed by atoms with Gasteiger partial charge in [-0.25, -0.2) is 4.98 Å². The lowest BCUT2D eigenvalue weighted by molar-refractivity contribution is -0.274. The Labute approximate surface area is 252 Å². The molecule has 1 fully saturated rings. The molecule has 5 rings (SSSR count). The third kappa shape index (κ3) is 8.28. The van der Waals surface area contributed by atoms with Gasteiger partial charge < -0.3 is 20.1 Å². The molecule has 2 N–H and O–H groups in total. The third-order valence-corrected chi connectivity index (χ3v) is 7.73. The molecule has 1 saturated heterocycles. The Hall–Kier alpha value is -4.06. The predicted molar refractivity (Wildman–Crippen MR) is 163 cm³/mol. The number of pyridine rings is 1. The molecule has 11 heteroatoms. The number of nitrogens with zero attached hydrogens (tertiary/aromatic N) is 2. The Morgan fingerprint density at radius 2 is 1.74 bits per heavy atom. The van der Waals surface area contributed by atoms with Crippen LogP contribution in [0.4, 0.5) is 30.4 Å². The zero-order valence-electron chi connectivity index (χ0n) is 23.7. The number of aryl methyl sites for hydroxylation is 1. The minimum Gasteiger partial charge on any atom is -0.406 e. The first kappa shape index (κ1) is 30.4. The van der Waals surface area contributed by atoms with Gasteiger partial charge in [-0.05, 0) is 78.4 Å². The van der Waals surface area contributed by atoms with Crippen LogP contribution in [0.15, 0.2) is 83.9 Å². The number of halogens is 3. The Morgan fingerprint density at radius 1 is 1.02 bits per heavy atom. The Morgan fingerprint density at radius 3 is 2.42 bits per heavy atom. The fourth-order valence-electron chi connectivity index (χ4n) is 4.70. The van der Waals surface area contributed by atoms with Crippen LogP contribution >= 0.6 is 11.8 Å². The maximum atomic E-state index is 13.1. The average Bonchev–Trinajstić information content (AvgIpc) is 2.99. The molecule has 7 nitrogen and oxygen atoms in total. The van der Waals surface area contributed by atoms with Gasteiger partial charge in [0.2, 0.25) is 0 Å². The van der Waals surface area contributed by atoms with E-state index in [0.29, 0.717) is 11.4 Å². The first-order valence-electron chi connectivity index (χ1n) is 13.6. The lowest BCUT2D eigenvalue weighted by atomic mass is 10.1. The summed E-state index contributed by atoms with van der Waals surface area (Å²) < 4.78 is 47.1. The number of thioether (sulfide) groups is 1. The molecule has 224 valence electrons. The quantitative estimate of drug-likeness (QED) is 0.191. The number of alkyl halides is 3. The molecular weight excluding hydrogens is 577 g/mol. The number of ether oxygens (including phenoxy) is 2. The van der Waals surface area contributed by atoms with Crippen LogP contribution in [0.2, 0.25) is 0 Å². The molecule has 0 spiro atoms. The summed E-state index contributed by atoms with van der Waals surface area (Å²) >= 11 is 1.48. The van der Waals surface area contributed by atoms with Crippen molar-refractivity contribution < 1.29 is 27.4 Å². The fourth-order valence-corrected chi connectivity index (χ4v) is 5.26. The Bertz CT molecular complexity index is 1560. The molecule has 1 aliphatic heterocycles. The van der Waals surface area contributed by atoms with Gasteiger partial charge in [-0.2, -0.15) is 0 Å². The van der Waals surface area contributed by atoms with E-state index in [9.17, 15) is 18.0 Å². The number of nitrogens with one attached hydrogen (secondary N) is 2. The summed E-state index contributed by atoms with van der Waals surface area (Å²) in [7, 11) is 0. The second kappa shape index (κ2) is 13.5. The highest BCUT2D eigenvalue weighted by Gasteiger charge is 2.31. The van der Waals surface area contributed by atoms with Gasteiger partial charge in [0.25, 0.3) is 5.91 Å². The zero-order valence-corrected chi connectivity index (χ0v) is 24.5. The molecule has 3 aromatic carbocycles. The molecular formula is C32H31F3N4O3S. The van der Waals surface area contributed by atoms with Crippen LogP contribution in [0.25, 0.3) is 11.1 Å². The molecule has 0 unspecified atom stereocenters. The van der Waals surface area contributed by atoms with Crippen molar-refractivity contribution in [1.29, 1.82) is 0 Å². The van der Waals surface area contributed by atoms with Gasteiger partial charge in [-0.15, -0.1) is 24.9 Å². The van der Waals surface area contributed by atoms with E-state index >= 15 is 0 Å². The predicted octanol–water partition coefficient (Wildman–Crippen LogP) is 7.51. The average molecular weight is 609 g/mol. The van der Waals surface area contributed by atoms with Crippen molar-refractivity contribution in [1.82, 2.24) is 9.88 Å². The van der Waals surface area contributed by atoms with E-state index in [1.54, 1.807) is 42.6 Å². The van der Waals surface area contributed by atoms with Gasteiger partial charge in [0, 0.05) is 53.2 Å². The maximum absolute atomic E-state index is 13.1. The Kier molecular flexibility index (Phi) is 9.54. The van der Waals surface area contributed by atoms with Crippen molar-refractivity contribution in [3.63, 3.8) is 0 Å². The van der Waals surface area contributed by atoms with Crippen molar-refractivity contribution in [3.05, 3.63) is 95.7 Å². The maximum Gasteiger partial charge on any atom is 0.573 e. The minimum atomic E-state index is -4.75. The summed E-state index contributed by atoms with van der Waals surface area (Å²) in [5, 5.41) is 6.28. The van der Waals surface area contributed by atoms with E-state index in [4.69, 9.17) is 4.74 Å². The van der Waals surface area contributed by atoms with Crippen molar-refractivity contribution in [2.45, 2.75) is 24.7 Å². The molecule has 0 atom stereocenters. The van der Waals surface area contributed by atoms with E-state index in [1.165, 1.54) is 23.9 Å². The summed E-state index contributed by atoms with van der Waals surface area (Å²) in [6, 6.07) is 20.8. The molecule has 1 amide bonds. The SMILES string of the molecule is CSc1cnc(Nc2ccc(C(=O)Nc3cc(CN4CCOCC4)ccc3C)cc2)cc1-c1ccc(OC(F)(F)F)cc1. The lowest BCUT2D eigenvalue weighted by Gasteiger charge is -2.26. The second-order valence-corrected chi connectivity index (χ2v) is 10.9.